The van der Waals surface area contributed by atoms with Gasteiger partial charge in [0.1, 0.15) is 5.58 Å². The summed E-state index contributed by atoms with van der Waals surface area (Å²) in [7, 11) is 0. The minimum absolute atomic E-state index is 0.673. The molecule has 8 aromatic rings. The van der Waals surface area contributed by atoms with Crippen LogP contribution in [0.4, 0.5) is 0 Å². The van der Waals surface area contributed by atoms with E-state index in [9.17, 15) is 0 Å². The van der Waals surface area contributed by atoms with Crippen LogP contribution < -0.4 is 0 Å². The summed E-state index contributed by atoms with van der Waals surface area (Å²) in [6.45, 7) is 0. The second-order valence-electron chi connectivity index (χ2n) is 10.0. The minimum atomic E-state index is 0.673. The van der Waals surface area contributed by atoms with Crippen molar-refractivity contribution in [3.8, 4) is 28.7 Å². The van der Waals surface area contributed by atoms with Crippen molar-refractivity contribution in [1.29, 1.82) is 0 Å². The van der Waals surface area contributed by atoms with Gasteiger partial charge in [0.05, 0.1) is 11.0 Å². The Balaban J connectivity index is 1.43. The first-order valence-electron chi connectivity index (χ1n) is 13.5. The summed E-state index contributed by atoms with van der Waals surface area (Å²) in [6, 6.07) is 48.6. The molecule has 0 amide bonds. The van der Waals surface area contributed by atoms with Crippen LogP contribution in [-0.2, 0) is 0 Å². The molecule has 0 aliphatic rings. The summed E-state index contributed by atoms with van der Waals surface area (Å²) in [4.78, 5) is 0. The van der Waals surface area contributed by atoms with E-state index >= 15 is 0 Å². The Labute approximate surface area is 231 Å². The second kappa shape index (κ2) is 9.05. The van der Waals surface area contributed by atoms with Gasteiger partial charge in [0, 0.05) is 38.5 Å². The van der Waals surface area contributed by atoms with Crippen molar-refractivity contribution in [3.05, 3.63) is 151 Å². The molecule has 2 nitrogen and oxygen atoms in total. The summed E-state index contributed by atoms with van der Waals surface area (Å²) in [5.41, 5.74) is 7.36. The number of furan rings is 1. The number of benzene rings is 6. The van der Waals surface area contributed by atoms with Crippen LogP contribution in [0.2, 0.25) is 0 Å². The van der Waals surface area contributed by atoms with Crippen LogP contribution in [0, 0.1) is 11.8 Å². The van der Waals surface area contributed by atoms with Gasteiger partial charge in [-0.05, 0) is 53.1 Å². The van der Waals surface area contributed by atoms with Crippen LogP contribution in [0.15, 0.2) is 144 Å². The molecule has 0 aliphatic carbocycles. The molecule has 2 aromatic heterocycles. The van der Waals surface area contributed by atoms with Crippen molar-refractivity contribution < 1.29 is 4.42 Å². The maximum Gasteiger partial charge on any atom is 0.186 e. The first-order chi connectivity index (χ1) is 19.8. The minimum Gasteiger partial charge on any atom is -0.447 e. The highest BCUT2D eigenvalue weighted by molar-refractivity contribution is 6.16. The van der Waals surface area contributed by atoms with E-state index in [-0.39, 0.29) is 0 Å². The average Bonchev–Trinajstić information content (AvgIpc) is 3.56. The van der Waals surface area contributed by atoms with Gasteiger partial charge < -0.3 is 8.98 Å². The van der Waals surface area contributed by atoms with Gasteiger partial charge in [-0.25, -0.2) is 0 Å². The van der Waals surface area contributed by atoms with Crippen LogP contribution in [0.1, 0.15) is 11.3 Å². The molecule has 2 heteroatoms. The Morgan fingerprint density at radius 1 is 0.525 bits per heavy atom. The molecule has 0 unspecified atom stereocenters. The molecule has 0 N–H and O–H groups in total. The van der Waals surface area contributed by atoms with Crippen LogP contribution >= 0.6 is 0 Å². The Kier molecular flexibility index (Phi) is 5.08. The molecule has 0 atom stereocenters. The van der Waals surface area contributed by atoms with E-state index in [1.807, 2.05) is 12.1 Å². The van der Waals surface area contributed by atoms with E-state index in [1.165, 1.54) is 27.1 Å². The lowest BCUT2D eigenvalue weighted by Crippen LogP contribution is -1.95. The summed E-state index contributed by atoms with van der Waals surface area (Å²) in [5.74, 6) is 7.48. The first-order valence-corrected chi connectivity index (χ1v) is 13.5. The Hall–Kier alpha value is -5.52. The third kappa shape index (κ3) is 3.53. The predicted octanol–water partition coefficient (Wildman–Crippen LogP) is 9.75. The lowest BCUT2D eigenvalue weighted by atomic mass is 9.98. The Morgan fingerprint density at radius 2 is 1.25 bits per heavy atom. The van der Waals surface area contributed by atoms with Gasteiger partial charge in [-0.1, -0.05) is 109 Å². The summed E-state index contributed by atoms with van der Waals surface area (Å²) in [6.07, 6.45) is 0. The van der Waals surface area contributed by atoms with Gasteiger partial charge in [0.2, 0.25) is 0 Å². The highest BCUT2D eigenvalue weighted by Crippen LogP contribution is 2.42. The first kappa shape index (κ1) is 22.5. The monoisotopic (exact) mass is 509 g/mol. The molecule has 186 valence electrons. The number of rotatable bonds is 2. The van der Waals surface area contributed by atoms with E-state index in [0.717, 1.165) is 38.9 Å². The highest BCUT2D eigenvalue weighted by atomic mass is 16.3. The molecule has 6 aromatic carbocycles. The zero-order valence-electron chi connectivity index (χ0n) is 21.6. The molecule has 0 bridgehead atoms. The van der Waals surface area contributed by atoms with E-state index in [2.05, 4.69) is 144 Å². The van der Waals surface area contributed by atoms with Gasteiger partial charge in [-0.15, -0.1) is 0 Å². The molecule has 0 saturated heterocycles. The van der Waals surface area contributed by atoms with Crippen molar-refractivity contribution in [3.63, 3.8) is 0 Å². The molecular formula is C38H23NO. The number of hydrogen-bond acceptors (Lipinski definition) is 1. The topological polar surface area (TPSA) is 18.1 Å². The van der Waals surface area contributed by atoms with Crippen molar-refractivity contribution in [1.82, 2.24) is 4.57 Å². The van der Waals surface area contributed by atoms with Crippen molar-refractivity contribution in [2.45, 2.75) is 0 Å². The Bertz CT molecular complexity index is 2270. The summed E-state index contributed by atoms with van der Waals surface area (Å²) in [5, 5.41) is 5.87. The molecule has 0 fully saturated rings. The summed E-state index contributed by atoms with van der Waals surface area (Å²) < 4.78 is 8.81. The third-order valence-electron chi connectivity index (χ3n) is 7.64. The summed E-state index contributed by atoms with van der Waals surface area (Å²) >= 11 is 0. The lowest BCUT2D eigenvalue weighted by Gasteiger charge is -2.11. The fourth-order valence-corrected chi connectivity index (χ4v) is 5.86. The van der Waals surface area contributed by atoms with Crippen LogP contribution in [-0.4, -0.2) is 4.57 Å². The van der Waals surface area contributed by atoms with Gasteiger partial charge in [0.25, 0.3) is 0 Å². The van der Waals surface area contributed by atoms with Crippen LogP contribution in [0.3, 0.4) is 0 Å². The van der Waals surface area contributed by atoms with Gasteiger partial charge >= 0.3 is 0 Å². The number of fused-ring (bicyclic) bond motifs is 5. The predicted molar refractivity (Wildman–Crippen MR) is 166 cm³/mol. The zero-order valence-corrected chi connectivity index (χ0v) is 21.6. The second-order valence-corrected chi connectivity index (χ2v) is 10.0. The average molecular weight is 510 g/mol. The molecule has 0 spiro atoms. The number of hydrogen-bond donors (Lipinski definition) is 0. The fourth-order valence-electron chi connectivity index (χ4n) is 5.86. The van der Waals surface area contributed by atoms with Crippen LogP contribution in [0.5, 0.6) is 0 Å². The normalized spacial score (nSPS) is 11.3. The van der Waals surface area contributed by atoms with Gasteiger partial charge in [-0.2, -0.15) is 0 Å². The standard InChI is InChI=1S/C38H23NO/c1-2-13-29(14-3-1)39-34-19-8-6-15-30(34)31-17-10-18-33(38(31)39)37-32-16-7-9-20-35(32)40-36(37)24-22-26-21-23-27-11-4-5-12-28(27)25-26/h1-21,23,25H. The van der Waals surface area contributed by atoms with Gasteiger partial charge in [-0.3, -0.25) is 0 Å². The van der Waals surface area contributed by atoms with Crippen molar-refractivity contribution in [2.24, 2.45) is 0 Å². The fraction of sp³-hybridized carbons (Fsp3) is 0. The van der Waals surface area contributed by atoms with E-state index in [1.54, 1.807) is 0 Å². The number of nitrogens with zero attached hydrogens (tertiary/aromatic N) is 1. The largest absolute Gasteiger partial charge is 0.447 e. The van der Waals surface area contributed by atoms with Crippen LogP contribution in [0.25, 0.3) is 60.4 Å². The molecule has 0 saturated carbocycles. The van der Waals surface area contributed by atoms with Gasteiger partial charge in [0.15, 0.2) is 5.76 Å². The molecular weight excluding hydrogens is 486 g/mol. The van der Waals surface area contributed by atoms with Crippen molar-refractivity contribution in [2.75, 3.05) is 0 Å². The van der Waals surface area contributed by atoms with E-state index in [4.69, 9.17) is 4.42 Å². The number of para-hydroxylation sites is 4. The molecule has 0 radical (unpaired) electrons. The molecule has 8 rings (SSSR count). The number of aromatic nitrogens is 1. The van der Waals surface area contributed by atoms with Crippen molar-refractivity contribution >= 4 is 43.5 Å². The third-order valence-corrected chi connectivity index (χ3v) is 7.64. The smallest absolute Gasteiger partial charge is 0.186 e. The Morgan fingerprint density at radius 3 is 2.15 bits per heavy atom. The zero-order chi connectivity index (χ0) is 26.5. The quantitative estimate of drug-likeness (QED) is 0.212. The molecule has 2 heterocycles. The lowest BCUT2D eigenvalue weighted by molar-refractivity contribution is 0.602. The maximum absolute atomic E-state index is 6.45. The molecule has 40 heavy (non-hydrogen) atoms. The molecule has 0 aliphatic heterocycles. The highest BCUT2D eigenvalue weighted by Gasteiger charge is 2.21. The maximum atomic E-state index is 6.45. The van der Waals surface area contributed by atoms with E-state index < -0.39 is 0 Å². The SMILES string of the molecule is C(#Cc1oc2ccccc2c1-c1cccc2c3ccccc3n(-c3ccccc3)c12)c1ccc2ccccc2c1. The van der Waals surface area contributed by atoms with E-state index in [0.29, 0.717) is 5.76 Å².